The zero-order valence-corrected chi connectivity index (χ0v) is 10.2. The third kappa shape index (κ3) is 2.78. The highest BCUT2D eigenvalue weighted by atomic mass is 16.5. The van der Waals surface area contributed by atoms with E-state index in [-0.39, 0.29) is 11.5 Å². The van der Waals surface area contributed by atoms with E-state index in [1.54, 1.807) is 32.2 Å². The molecule has 0 aliphatic carbocycles. The quantitative estimate of drug-likeness (QED) is 0.798. The summed E-state index contributed by atoms with van der Waals surface area (Å²) in [6.45, 7) is 5.35. The van der Waals surface area contributed by atoms with Crippen molar-refractivity contribution in [3.63, 3.8) is 0 Å². The first-order valence-electron chi connectivity index (χ1n) is 5.15. The molecule has 0 bridgehead atoms. The molecule has 0 aliphatic heterocycles. The van der Waals surface area contributed by atoms with Crippen LogP contribution in [-0.2, 0) is 4.79 Å². The highest BCUT2D eigenvalue weighted by molar-refractivity contribution is 5.87. The number of rotatable bonds is 5. The number of ether oxygens (including phenoxy) is 2. The molecule has 92 valence electrons. The Bertz CT molecular complexity index is 437. The molecule has 1 aromatic rings. The van der Waals surface area contributed by atoms with Crippen LogP contribution in [0.25, 0.3) is 0 Å². The van der Waals surface area contributed by atoms with E-state index in [1.165, 1.54) is 7.11 Å². The lowest BCUT2D eigenvalue weighted by atomic mass is 9.94. The van der Waals surface area contributed by atoms with Crippen molar-refractivity contribution >= 4 is 5.97 Å². The fourth-order valence-electron chi connectivity index (χ4n) is 1.51. The van der Waals surface area contributed by atoms with Gasteiger partial charge in [0.05, 0.1) is 14.2 Å². The van der Waals surface area contributed by atoms with Crippen molar-refractivity contribution < 1.29 is 19.4 Å². The summed E-state index contributed by atoms with van der Waals surface area (Å²) in [6.07, 6.45) is 0. The molecule has 0 unspecified atom stereocenters. The summed E-state index contributed by atoms with van der Waals surface area (Å²) in [6, 6.07) is 5.32. The average molecular weight is 236 g/mol. The summed E-state index contributed by atoms with van der Waals surface area (Å²) in [5, 5.41) is 8.89. The van der Waals surface area contributed by atoms with Crippen LogP contribution < -0.4 is 9.47 Å². The molecule has 1 atom stereocenters. The van der Waals surface area contributed by atoms with Gasteiger partial charge in [-0.05, 0) is 17.7 Å². The normalized spacial score (nSPS) is 11.7. The fraction of sp³-hybridized carbons (Fsp3) is 0.308. The van der Waals surface area contributed by atoms with Crippen LogP contribution in [0.5, 0.6) is 11.5 Å². The van der Waals surface area contributed by atoms with Crippen LogP contribution >= 0.6 is 0 Å². The molecule has 0 amide bonds. The highest BCUT2D eigenvalue weighted by Gasteiger charge is 2.17. The maximum Gasteiger partial charge on any atom is 0.331 e. The number of hydrogen-bond donors (Lipinski definition) is 1. The summed E-state index contributed by atoms with van der Waals surface area (Å²) in [5.41, 5.74) is 0.979. The van der Waals surface area contributed by atoms with E-state index in [4.69, 9.17) is 14.6 Å². The Labute approximate surface area is 100 Å². The zero-order valence-electron chi connectivity index (χ0n) is 10.2. The molecule has 0 saturated carbocycles. The van der Waals surface area contributed by atoms with Crippen LogP contribution in [0.3, 0.4) is 0 Å². The monoisotopic (exact) mass is 236 g/mol. The molecule has 0 radical (unpaired) electrons. The van der Waals surface area contributed by atoms with Crippen molar-refractivity contribution in [1.29, 1.82) is 0 Å². The standard InChI is InChI=1S/C13H16O4/c1-8(9(2)13(14)15)10-5-6-11(16-3)12(7-10)17-4/h5-8H,2H2,1,3-4H3,(H,14,15)/t8-/m0/s1. The van der Waals surface area contributed by atoms with E-state index < -0.39 is 5.97 Å². The third-order valence-electron chi connectivity index (χ3n) is 2.70. The Morgan fingerprint density at radius 3 is 2.35 bits per heavy atom. The Balaban J connectivity index is 3.07. The van der Waals surface area contributed by atoms with Gasteiger partial charge in [-0.25, -0.2) is 4.79 Å². The van der Waals surface area contributed by atoms with Gasteiger partial charge in [0.1, 0.15) is 0 Å². The van der Waals surface area contributed by atoms with Gasteiger partial charge in [-0.1, -0.05) is 19.6 Å². The minimum Gasteiger partial charge on any atom is -0.493 e. The molecular formula is C13H16O4. The zero-order chi connectivity index (χ0) is 13.0. The predicted molar refractivity (Wildman–Crippen MR) is 64.7 cm³/mol. The van der Waals surface area contributed by atoms with Gasteiger partial charge < -0.3 is 14.6 Å². The SMILES string of the molecule is C=C(C(=O)O)[C@H](C)c1ccc(OC)c(OC)c1. The van der Waals surface area contributed by atoms with E-state index in [1.807, 2.05) is 0 Å². The number of benzene rings is 1. The fourth-order valence-corrected chi connectivity index (χ4v) is 1.51. The Kier molecular flexibility index (Phi) is 4.15. The summed E-state index contributed by atoms with van der Waals surface area (Å²) in [7, 11) is 3.09. The van der Waals surface area contributed by atoms with Gasteiger partial charge in [0.2, 0.25) is 0 Å². The van der Waals surface area contributed by atoms with Crippen LogP contribution in [0.2, 0.25) is 0 Å². The van der Waals surface area contributed by atoms with Gasteiger partial charge in [0.15, 0.2) is 11.5 Å². The van der Waals surface area contributed by atoms with E-state index in [0.29, 0.717) is 11.5 Å². The molecule has 0 heterocycles. The number of aliphatic carboxylic acids is 1. The smallest absolute Gasteiger partial charge is 0.331 e. The molecule has 1 rings (SSSR count). The van der Waals surface area contributed by atoms with Crippen molar-refractivity contribution in [3.05, 3.63) is 35.9 Å². The number of carboxylic acids is 1. The molecule has 17 heavy (non-hydrogen) atoms. The first-order valence-corrected chi connectivity index (χ1v) is 5.15. The van der Waals surface area contributed by atoms with Crippen LogP contribution in [0.4, 0.5) is 0 Å². The molecule has 0 saturated heterocycles. The van der Waals surface area contributed by atoms with Gasteiger partial charge >= 0.3 is 5.97 Å². The molecular weight excluding hydrogens is 220 g/mol. The Morgan fingerprint density at radius 2 is 1.88 bits per heavy atom. The van der Waals surface area contributed by atoms with Gasteiger partial charge in [0.25, 0.3) is 0 Å². The second kappa shape index (κ2) is 5.39. The van der Waals surface area contributed by atoms with E-state index in [2.05, 4.69) is 6.58 Å². The lowest BCUT2D eigenvalue weighted by molar-refractivity contribution is -0.132. The number of carboxylic acid groups (broad SMARTS) is 1. The van der Waals surface area contributed by atoms with E-state index in [0.717, 1.165) is 5.56 Å². The highest BCUT2D eigenvalue weighted by Crippen LogP contribution is 2.32. The van der Waals surface area contributed by atoms with Gasteiger partial charge in [-0.2, -0.15) is 0 Å². The van der Waals surface area contributed by atoms with E-state index >= 15 is 0 Å². The molecule has 0 fully saturated rings. The van der Waals surface area contributed by atoms with Gasteiger partial charge in [-0.3, -0.25) is 0 Å². The minimum absolute atomic E-state index is 0.150. The van der Waals surface area contributed by atoms with Crippen molar-refractivity contribution in [1.82, 2.24) is 0 Å². The van der Waals surface area contributed by atoms with Crippen molar-refractivity contribution in [3.8, 4) is 11.5 Å². The minimum atomic E-state index is -0.993. The van der Waals surface area contributed by atoms with Crippen LogP contribution in [0.15, 0.2) is 30.4 Å². The third-order valence-corrected chi connectivity index (χ3v) is 2.70. The lowest BCUT2D eigenvalue weighted by Gasteiger charge is -2.14. The summed E-state index contributed by atoms with van der Waals surface area (Å²) >= 11 is 0. The lowest BCUT2D eigenvalue weighted by Crippen LogP contribution is -2.07. The molecule has 0 aliphatic rings. The number of methoxy groups -OCH3 is 2. The Hall–Kier alpha value is -1.97. The van der Waals surface area contributed by atoms with Crippen LogP contribution in [0.1, 0.15) is 18.4 Å². The summed E-state index contributed by atoms with van der Waals surface area (Å²) in [4.78, 5) is 10.8. The van der Waals surface area contributed by atoms with Crippen LogP contribution in [0, 0.1) is 0 Å². The van der Waals surface area contributed by atoms with Crippen LogP contribution in [-0.4, -0.2) is 25.3 Å². The number of carbonyl (C=O) groups is 1. The first kappa shape index (κ1) is 13.1. The summed E-state index contributed by atoms with van der Waals surface area (Å²) in [5.74, 6) is -0.0704. The molecule has 4 heteroatoms. The van der Waals surface area contributed by atoms with Crippen molar-refractivity contribution in [2.24, 2.45) is 0 Å². The van der Waals surface area contributed by atoms with E-state index in [9.17, 15) is 4.79 Å². The van der Waals surface area contributed by atoms with Crippen molar-refractivity contribution in [2.75, 3.05) is 14.2 Å². The molecule has 4 nitrogen and oxygen atoms in total. The molecule has 1 aromatic carbocycles. The maximum atomic E-state index is 10.8. The second-order valence-electron chi connectivity index (χ2n) is 3.67. The predicted octanol–water partition coefficient (Wildman–Crippen LogP) is 2.45. The second-order valence-corrected chi connectivity index (χ2v) is 3.67. The first-order chi connectivity index (χ1) is 8.01. The number of hydrogen-bond acceptors (Lipinski definition) is 3. The molecule has 0 spiro atoms. The van der Waals surface area contributed by atoms with Gasteiger partial charge in [-0.15, -0.1) is 0 Å². The average Bonchev–Trinajstić information content (AvgIpc) is 2.35. The molecule has 0 aromatic heterocycles. The van der Waals surface area contributed by atoms with Crippen molar-refractivity contribution in [2.45, 2.75) is 12.8 Å². The summed E-state index contributed by atoms with van der Waals surface area (Å²) < 4.78 is 10.3. The maximum absolute atomic E-state index is 10.8. The molecule has 1 N–H and O–H groups in total. The largest absolute Gasteiger partial charge is 0.493 e. The van der Waals surface area contributed by atoms with Gasteiger partial charge in [0, 0.05) is 11.5 Å². The Morgan fingerprint density at radius 1 is 1.29 bits per heavy atom. The topological polar surface area (TPSA) is 55.8 Å².